The number of ketones is 1. The lowest BCUT2D eigenvalue weighted by atomic mass is 9.94. The molecule has 1 unspecified atom stereocenters. The zero-order valence-corrected chi connectivity index (χ0v) is 21.1. The van der Waals surface area contributed by atoms with Crippen molar-refractivity contribution in [3.05, 3.63) is 101 Å². The van der Waals surface area contributed by atoms with E-state index in [1.54, 1.807) is 30.2 Å². The molecule has 1 heterocycles. The number of carbonyl (C=O) groups excluding carboxylic acids is 2. The number of aliphatic hydroxyl groups is 1. The van der Waals surface area contributed by atoms with E-state index in [1.807, 2.05) is 61.5 Å². The first kappa shape index (κ1) is 24.6. The van der Waals surface area contributed by atoms with Crippen molar-refractivity contribution >= 4 is 17.4 Å². The third kappa shape index (κ3) is 4.84. The Labute approximate surface area is 217 Å². The third-order valence-electron chi connectivity index (χ3n) is 7.32. The van der Waals surface area contributed by atoms with E-state index in [0.717, 1.165) is 42.4 Å². The Bertz CT molecular complexity index is 1320. The molecule has 0 spiro atoms. The van der Waals surface area contributed by atoms with Crippen molar-refractivity contribution in [2.75, 3.05) is 7.11 Å². The summed E-state index contributed by atoms with van der Waals surface area (Å²) in [4.78, 5) is 28.3. The van der Waals surface area contributed by atoms with Gasteiger partial charge in [0, 0.05) is 11.6 Å². The van der Waals surface area contributed by atoms with Gasteiger partial charge in [0.05, 0.1) is 18.7 Å². The van der Waals surface area contributed by atoms with E-state index in [9.17, 15) is 14.7 Å². The molecular weight excluding hydrogens is 466 g/mol. The van der Waals surface area contributed by atoms with Crippen LogP contribution in [0.1, 0.15) is 54.0 Å². The molecule has 1 N–H and O–H groups in total. The summed E-state index contributed by atoms with van der Waals surface area (Å²) in [6.07, 6.45) is 3.75. The number of ether oxygens (including phenoxy) is 2. The standard InChI is InChI=1S/C31H31NO5/c1-20-18-23(14-17-26(20)37-19-21-8-4-3-5-9-21)29(33)27-28(22-12-15-25(36-2)16-13-22)32(31(35)30(27)34)24-10-6-7-11-24/h3-5,8-9,12-18,24,28,33H,6-7,10-11,19H2,1-2H3/b29-27-. The summed E-state index contributed by atoms with van der Waals surface area (Å²) in [5.74, 6) is 0.0141. The second kappa shape index (κ2) is 10.5. The van der Waals surface area contributed by atoms with Crippen molar-refractivity contribution < 1.29 is 24.2 Å². The van der Waals surface area contributed by atoms with E-state index < -0.39 is 17.7 Å². The highest BCUT2D eigenvalue weighted by atomic mass is 16.5. The van der Waals surface area contributed by atoms with E-state index in [-0.39, 0.29) is 17.4 Å². The predicted octanol–water partition coefficient (Wildman–Crippen LogP) is 5.95. The molecule has 1 aliphatic carbocycles. The maximum Gasteiger partial charge on any atom is 0.295 e. The van der Waals surface area contributed by atoms with Gasteiger partial charge in [-0.2, -0.15) is 0 Å². The SMILES string of the molecule is COc1ccc(C2/C(=C(/O)c3ccc(OCc4ccccc4)c(C)c3)C(=O)C(=O)N2C2CCCC2)cc1. The molecule has 5 rings (SSSR count). The van der Waals surface area contributed by atoms with Crippen LogP contribution in [0.2, 0.25) is 0 Å². The molecular formula is C31H31NO5. The second-order valence-electron chi connectivity index (χ2n) is 9.67. The molecule has 2 aliphatic rings. The molecule has 2 fully saturated rings. The van der Waals surface area contributed by atoms with Crippen LogP contribution in [0.3, 0.4) is 0 Å². The molecule has 3 aromatic rings. The van der Waals surface area contributed by atoms with Crippen LogP contribution in [0.4, 0.5) is 0 Å². The van der Waals surface area contributed by atoms with E-state index in [2.05, 4.69) is 0 Å². The highest BCUT2D eigenvalue weighted by molar-refractivity contribution is 6.46. The summed E-state index contributed by atoms with van der Waals surface area (Å²) in [6, 6.07) is 21.9. The average molecular weight is 498 g/mol. The van der Waals surface area contributed by atoms with Crippen LogP contribution in [0.5, 0.6) is 11.5 Å². The second-order valence-corrected chi connectivity index (χ2v) is 9.67. The number of aliphatic hydroxyl groups excluding tert-OH is 1. The van der Waals surface area contributed by atoms with Crippen molar-refractivity contribution in [1.29, 1.82) is 0 Å². The number of benzene rings is 3. The Morgan fingerprint density at radius 1 is 0.973 bits per heavy atom. The van der Waals surface area contributed by atoms with Gasteiger partial charge in [-0.05, 0) is 66.8 Å². The van der Waals surface area contributed by atoms with E-state index in [4.69, 9.17) is 9.47 Å². The van der Waals surface area contributed by atoms with Crippen LogP contribution < -0.4 is 9.47 Å². The van der Waals surface area contributed by atoms with Crippen molar-refractivity contribution in [1.82, 2.24) is 4.90 Å². The zero-order valence-electron chi connectivity index (χ0n) is 21.1. The summed E-state index contributed by atoms with van der Waals surface area (Å²) >= 11 is 0. The van der Waals surface area contributed by atoms with Crippen molar-refractivity contribution in [2.45, 2.75) is 51.3 Å². The lowest BCUT2D eigenvalue weighted by Crippen LogP contribution is -2.37. The third-order valence-corrected chi connectivity index (χ3v) is 7.32. The van der Waals surface area contributed by atoms with Crippen LogP contribution >= 0.6 is 0 Å². The largest absolute Gasteiger partial charge is 0.507 e. The van der Waals surface area contributed by atoms with Gasteiger partial charge in [0.25, 0.3) is 11.7 Å². The Balaban J connectivity index is 1.51. The summed E-state index contributed by atoms with van der Waals surface area (Å²) in [7, 11) is 1.59. The molecule has 3 aromatic carbocycles. The Morgan fingerprint density at radius 3 is 2.32 bits per heavy atom. The van der Waals surface area contributed by atoms with E-state index >= 15 is 0 Å². The molecule has 6 heteroatoms. The normalized spacial score (nSPS) is 19.4. The van der Waals surface area contributed by atoms with Crippen LogP contribution in [0.15, 0.2) is 78.4 Å². The summed E-state index contributed by atoms with van der Waals surface area (Å²) in [6.45, 7) is 2.33. The molecule has 37 heavy (non-hydrogen) atoms. The lowest BCUT2D eigenvalue weighted by molar-refractivity contribution is -0.141. The van der Waals surface area contributed by atoms with Crippen LogP contribution in [-0.4, -0.2) is 34.8 Å². The number of hydrogen-bond acceptors (Lipinski definition) is 5. The number of likely N-dealkylation sites (tertiary alicyclic amines) is 1. The number of aryl methyl sites for hydroxylation is 1. The fraction of sp³-hybridized carbons (Fsp3) is 0.290. The monoisotopic (exact) mass is 497 g/mol. The average Bonchev–Trinajstić information content (AvgIpc) is 3.54. The minimum absolute atomic E-state index is 0.0237. The molecule has 190 valence electrons. The lowest BCUT2D eigenvalue weighted by Gasteiger charge is -2.30. The predicted molar refractivity (Wildman–Crippen MR) is 141 cm³/mol. The first-order valence-corrected chi connectivity index (χ1v) is 12.7. The maximum atomic E-state index is 13.3. The fourth-order valence-corrected chi connectivity index (χ4v) is 5.37. The highest BCUT2D eigenvalue weighted by Gasteiger charge is 2.49. The first-order chi connectivity index (χ1) is 18.0. The van der Waals surface area contributed by atoms with Gasteiger partial charge in [-0.25, -0.2) is 0 Å². The Kier molecular flexibility index (Phi) is 6.99. The minimum Gasteiger partial charge on any atom is -0.507 e. The van der Waals surface area contributed by atoms with Gasteiger partial charge in [0.1, 0.15) is 23.9 Å². The Morgan fingerprint density at radius 2 is 1.68 bits per heavy atom. The quantitative estimate of drug-likeness (QED) is 0.248. The van der Waals surface area contributed by atoms with Gasteiger partial charge >= 0.3 is 0 Å². The van der Waals surface area contributed by atoms with Crippen LogP contribution in [0, 0.1) is 6.92 Å². The topological polar surface area (TPSA) is 76.1 Å². The molecule has 1 saturated heterocycles. The number of amides is 1. The summed E-state index contributed by atoms with van der Waals surface area (Å²) in [5, 5.41) is 11.4. The van der Waals surface area contributed by atoms with Crippen molar-refractivity contribution in [3.63, 3.8) is 0 Å². The molecule has 0 radical (unpaired) electrons. The fourth-order valence-electron chi connectivity index (χ4n) is 5.37. The number of methoxy groups -OCH3 is 1. The smallest absolute Gasteiger partial charge is 0.295 e. The van der Waals surface area contributed by atoms with Gasteiger partial charge in [-0.15, -0.1) is 0 Å². The van der Waals surface area contributed by atoms with E-state index in [0.29, 0.717) is 23.7 Å². The minimum atomic E-state index is -0.650. The van der Waals surface area contributed by atoms with Crippen LogP contribution in [-0.2, 0) is 16.2 Å². The molecule has 0 aromatic heterocycles. The van der Waals surface area contributed by atoms with Gasteiger partial charge in [-0.1, -0.05) is 55.3 Å². The zero-order chi connectivity index (χ0) is 25.9. The molecule has 6 nitrogen and oxygen atoms in total. The van der Waals surface area contributed by atoms with E-state index in [1.165, 1.54) is 0 Å². The number of carbonyl (C=O) groups is 2. The number of Topliss-reactive ketones (excluding diaryl/α,β-unsaturated/α-hetero) is 1. The van der Waals surface area contributed by atoms with Gasteiger partial charge in [0.2, 0.25) is 0 Å². The Hall–Kier alpha value is -4.06. The number of hydrogen-bond donors (Lipinski definition) is 1. The number of rotatable bonds is 7. The molecule has 1 saturated carbocycles. The van der Waals surface area contributed by atoms with Gasteiger partial charge in [-0.3, -0.25) is 9.59 Å². The van der Waals surface area contributed by atoms with Crippen molar-refractivity contribution in [2.24, 2.45) is 0 Å². The van der Waals surface area contributed by atoms with Gasteiger partial charge < -0.3 is 19.5 Å². The molecule has 1 aliphatic heterocycles. The highest BCUT2D eigenvalue weighted by Crippen LogP contribution is 2.44. The summed E-state index contributed by atoms with van der Waals surface area (Å²) < 4.78 is 11.3. The molecule has 0 bridgehead atoms. The number of nitrogens with zero attached hydrogens (tertiary/aromatic N) is 1. The van der Waals surface area contributed by atoms with Gasteiger partial charge in [0.15, 0.2) is 0 Å². The first-order valence-electron chi connectivity index (χ1n) is 12.7. The van der Waals surface area contributed by atoms with Crippen molar-refractivity contribution in [3.8, 4) is 11.5 Å². The summed E-state index contributed by atoms with van der Waals surface area (Å²) in [5.41, 5.74) is 3.26. The maximum absolute atomic E-state index is 13.3. The molecule has 1 atom stereocenters. The molecule has 1 amide bonds. The van der Waals surface area contributed by atoms with Crippen LogP contribution in [0.25, 0.3) is 5.76 Å².